The fourth-order valence-corrected chi connectivity index (χ4v) is 5.33. The fraction of sp³-hybridized carbons (Fsp3) is 0.310. The van der Waals surface area contributed by atoms with E-state index in [0.29, 0.717) is 6.42 Å². The Morgan fingerprint density at radius 1 is 0.895 bits per heavy atom. The number of hydrogen-bond donors (Lipinski definition) is 1. The Labute approximate surface area is 224 Å². The average molecular weight is 540 g/mol. The number of nitrogens with one attached hydrogen (secondary N) is 1. The first kappa shape index (κ1) is 28.8. The van der Waals surface area contributed by atoms with Gasteiger partial charge >= 0.3 is 0 Å². The van der Waals surface area contributed by atoms with Crippen molar-refractivity contribution in [1.29, 1.82) is 0 Å². The van der Waals surface area contributed by atoms with Gasteiger partial charge in [-0.15, -0.1) is 0 Å². The molecule has 0 saturated carbocycles. The molecule has 0 heterocycles. The lowest BCUT2D eigenvalue weighted by atomic mass is 10.1. The van der Waals surface area contributed by atoms with Crippen LogP contribution < -0.4 is 9.62 Å². The molecule has 0 aromatic heterocycles. The van der Waals surface area contributed by atoms with Gasteiger partial charge in [-0.3, -0.25) is 13.9 Å². The normalized spacial score (nSPS) is 12.8. The Morgan fingerprint density at radius 3 is 2.05 bits per heavy atom. The Hall–Kier alpha value is -3.72. The molecule has 3 aromatic carbocycles. The molecule has 0 aliphatic carbocycles. The van der Waals surface area contributed by atoms with Crippen LogP contribution in [0.5, 0.6) is 0 Å². The quantitative estimate of drug-likeness (QED) is 0.370. The molecular formula is C29H34FN3O4S. The van der Waals surface area contributed by atoms with Gasteiger partial charge in [0.05, 0.1) is 10.6 Å². The minimum atomic E-state index is -4.17. The predicted molar refractivity (Wildman–Crippen MR) is 147 cm³/mol. The number of hydrogen-bond acceptors (Lipinski definition) is 4. The SMILES string of the molecule is CC[C@@H](C)NC(=O)[C@H](C)N(CCc1ccccc1)C(=O)CN(c1ccc(F)cc1)S(=O)(=O)c1ccccc1. The summed E-state index contributed by atoms with van der Waals surface area (Å²) in [6.45, 7) is 5.11. The maximum atomic E-state index is 13.8. The summed E-state index contributed by atoms with van der Waals surface area (Å²) >= 11 is 0. The van der Waals surface area contributed by atoms with Gasteiger partial charge in [-0.1, -0.05) is 55.5 Å². The van der Waals surface area contributed by atoms with E-state index in [-0.39, 0.29) is 29.1 Å². The van der Waals surface area contributed by atoms with E-state index in [1.807, 2.05) is 44.2 Å². The smallest absolute Gasteiger partial charge is 0.264 e. The highest BCUT2D eigenvalue weighted by molar-refractivity contribution is 7.92. The first-order chi connectivity index (χ1) is 18.1. The summed E-state index contributed by atoms with van der Waals surface area (Å²) in [6.07, 6.45) is 1.21. The van der Waals surface area contributed by atoms with Crippen molar-refractivity contribution in [1.82, 2.24) is 10.2 Å². The first-order valence-corrected chi connectivity index (χ1v) is 14.0. The Bertz CT molecular complexity index is 1300. The minimum absolute atomic E-state index is 0.00415. The van der Waals surface area contributed by atoms with Crippen LogP contribution in [0.4, 0.5) is 10.1 Å². The molecule has 0 bridgehead atoms. The van der Waals surface area contributed by atoms with Gasteiger partial charge in [-0.05, 0) is 68.7 Å². The Morgan fingerprint density at radius 2 is 1.47 bits per heavy atom. The lowest BCUT2D eigenvalue weighted by Gasteiger charge is -2.32. The van der Waals surface area contributed by atoms with Gasteiger partial charge in [-0.25, -0.2) is 12.8 Å². The van der Waals surface area contributed by atoms with Crippen LogP contribution in [0.25, 0.3) is 0 Å². The van der Waals surface area contributed by atoms with Crippen LogP contribution in [-0.4, -0.2) is 50.3 Å². The number of sulfonamides is 1. The van der Waals surface area contributed by atoms with E-state index in [9.17, 15) is 22.4 Å². The molecule has 9 heteroatoms. The predicted octanol–water partition coefficient (Wildman–Crippen LogP) is 4.40. The van der Waals surface area contributed by atoms with Crippen molar-refractivity contribution >= 4 is 27.5 Å². The molecular weight excluding hydrogens is 505 g/mol. The van der Waals surface area contributed by atoms with Crippen molar-refractivity contribution in [3.8, 4) is 0 Å². The molecule has 1 N–H and O–H groups in total. The fourth-order valence-electron chi connectivity index (χ4n) is 3.89. The maximum Gasteiger partial charge on any atom is 0.264 e. The third-order valence-electron chi connectivity index (χ3n) is 6.38. The summed E-state index contributed by atoms with van der Waals surface area (Å²) in [6, 6.07) is 21.3. The zero-order valence-corrected chi connectivity index (χ0v) is 22.7. The molecule has 2 amide bonds. The van der Waals surface area contributed by atoms with E-state index >= 15 is 0 Å². The van der Waals surface area contributed by atoms with Crippen LogP contribution in [0.1, 0.15) is 32.8 Å². The van der Waals surface area contributed by atoms with Crippen molar-refractivity contribution in [2.24, 2.45) is 0 Å². The van der Waals surface area contributed by atoms with E-state index in [0.717, 1.165) is 28.4 Å². The molecule has 0 radical (unpaired) electrons. The molecule has 0 saturated heterocycles. The number of rotatable bonds is 12. The van der Waals surface area contributed by atoms with Gasteiger partial charge in [0.1, 0.15) is 18.4 Å². The highest BCUT2D eigenvalue weighted by Gasteiger charge is 2.32. The third-order valence-corrected chi connectivity index (χ3v) is 8.17. The van der Waals surface area contributed by atoms with Crippen LogP contribution in [0.3, 0.4) is 0 Å². The lowest BCUT2D eigenvalue weighted by molar-refractivity contribution is -0.139. The highest BCUT2D eigenvalue weighted by Crippen LogP contribution is 2.24. The minimum Gasteiger partial charge on any atom is -0.352 e. The van der Waals surface area contributed by atoms with Crippen molar-refractivity contribution in [2.75, 3.05) is 17.4 Å². The summed E-state index contributed by atoms with van der Waals surface area (Å²) < 4.78 is 41.9. The number of carbonyl (C=O) groups is 2. The van der Waals surface area contributed by atoms with Gasteiger partial charge < -0.3 is 10.2 Å². The number of halogens is 1. The van der Waals surface area contributed by atoms with Crippen molar-refractivity contribution in [3.63, 3.8) is 0 Å². The van der Waals surface area contributed by atoms with Crippen LogP contribution in [0.15, 0.2) is 89.8 Å². The number of nitrogens with zero attached hydrogens (tertiary/aromatic N) is 2. The molecule has 0 spiro atoms. The maximum absolute atomic E-state index is 13.8. The third kappa shape index (κ3) is 7.41. The Kier molecular flexibility index (Phi) is 10.0. The Balaban J connectivity index is 1.95. The monoisotopic (exact) mass is 539 g/mol. The lowest BCUT2D eigenvalue weighted by Crippen LogP contribution is -2.53. The van der Waals surface area contributed by atoms with Crippen LogP contribution >= 0.6 is 0 Å². The van der Waals surface area contributed by atoms with E-state index < -0.39 is 34.3 Å². The number of amides is 2. The molecule has 0 aliphatic rings. The molecule has 7 nitrogen and oxygen atoms in total. The zero-order valence-electron chi connectivity index (χ0n) is 21.9. The van der Waals surface area contributed by atoms with Crippen molar-refractivity contribution < 1.29 is 22.4 Å². The second-order valence-corrected chi connectivity index (χ2v) is 11.0. The van der Waals surface area contributed by atoms with Gasteiger partial charge in [0.25, 0.3) is 10.0 Å². The van der Waals surface area contributed by atoms with Crippen LogP contribution in [0.2, 0.25) is 0 Å². The van der Waals surface area contributed by atoms with E-state index in [4.69, 9.17) is 0 Å². The van der Waals surface area contributed by atoms with Crippen LogP contribution in [0, 0.1) is 5.82 Å². The summed E-state index contributed by atoms with van der Waals surface area (Å²) in [7, 11) is -4.17. The molecule has 202 valence electrons. The number of benzene rings is 3. The van der Waals surface area contributed by atoms with Gasteiger partial charge in [0.15, 0.2) is 0 Å². The van der Waals surface area contributed by atoms with Gasteiger partial charge in [0.2, 0.25) is 11.8 Å². The summed E-state index contributed by atoms with van der Waals surface area (Å²) in [5.74, 6) is -1.39. The standard InChI is InChI=1S/C29H34FN3O4S/c1-4-22(2)31-29(35)23(3)32(20-19-24-11-7-5-8-12-24)28(34)21-33(26-17-15-25(30)16-18-26)38(36,37)27-13-9-6-10-14-27/h5-18,22-23H,4,19-21H2,1-3H3,(H,31,35)/t22-,23+/m1/s1. The van der Waals surface area contributed by atoms with Gasteiger partial charge in [0, 0.05) is 12.6 Å². The summed E-state index contributed by atoms with van der Waals surface area (Å²) in [5, 5.41) is 2.90. The summed E-state index contributed by atoms with van der Waals surface area (Å²) in [4.78, 5) is 28.2. The van der Waals surface area contributed by atoms with Crippen LogP contribution in [-0.2, 0) is 26.0 Å². The molecule has 0 unspecified atom stereocenters. The largest absolute Gasteiger partial charge is 0.352 e. The molecule has 3 rings (SSSR count). The van der Waals surface area contributed by atoms with Gasteiger partial charge in [-0.2, -0.15) is 0 Å². The highest BCUT2D eigenvalue weighted by atomic mass is 32.2. The van der Waals surface area contributed by atoms with E-state index in [1.165, 1.54) is 29.2 Å². The topological polar surface area (TPSA) is 86.8 Å². The first-order valence-electron chi connectivity index (χ1n) is 12.6. The second kappa shape index (κ2) is 13.2. The number of anilines is 1. The molecule has 0 aliphatic heterocycles. The molecule has 38 heavy (non-hydrogen) atoms. The molecule has 0 fully saturated rings. The molecule has 2 atom stereocenters. The zero-order chi connectivity index (χ0) is 27.7. The van der Waals surface area contributed by atoms with Crippen molar-refractivity contribution in [2.45, 2.75) is 50.6 Å². The average Bonchev–Trinajstić information content (AvgIpc) is 2.93. The molecule has 3 aromatic rings. The van der Waals surface area contributed by atoms with Crippen molar-refractivity contribution in [3.05, 3.63) is 96.3 Å². The number of carbonyl (C=O) groups excluding carboxylic acids is 2. The summed E-state index contributed by atoms with van der Waals surface area (Å²) in [5.41, 5.74) is 1.12. The van der Waals surface area contributed by atoms with E-state index in [2.05, 4.69) is 5.32 Å². The second-order valence-electron chi connectivity index (χ2n) is 9.12. The van der Waals surface area contributed by atoms with E-state index in [1.54, 1.807) is 25.1 Å².